The smallest absolute Gasteiger partial charge is 0.306 e. The molecule has 0 saturated heterocycles. The van der Waals surface area contributed by atoms with Crippen LogP contribution >= 0.6 is 0 Å². The minimum atomic E-state index is -0.0439. The molecule has 0 aliphatic rings. The van der Waals surface area contributed by atoms with Crippen molar-refractivity contribution in [3.05, 3.63) is 24.3 Å². The SMILES string of the molecule is CCCCCCCCC=CCCCCCCCC(=O)OC(C)C.CCCCCCCCC=CCCCCCCCC(=O)OCC. The first-order valence-electron chi connectivity index (χ1n) is 19.6. The average molecular weight is 635 g/mol. The van der Waals surface area contributed by atoms with E-state index in [-0.39, 0.29) is 18.0 Å². The van der Waals surface area contributed by atoms with E-state index in [1.165, 1.54) is 141 Å². The normalized spacial score (nSPS) is 11.3. The van der Waals surface area contributed by atoms with Crippen molar-refractivity contribution in [1.82, 2.24) is 0 Å². The van der Waals surface area contributed by atoms with Gasteiger partial charge in [-0.25, -0.2) is 0 Å². The first-order chi connectivity index (χ1) is 22.0. The average Bonchev–Trinajstić information content (AvgIpc) is 3.01. The van der Waals surface area contributed by atoms with E-state index in [2.05, 4.69) is 38.2 Å². The van der Waals surface area contributed by atoms with Gasteiger partial charge in [-0.3, -0.25) is 9.59 Å². The largest absolute Gasteiger partial charge is 0.466 e. The van der Waals surface area contributed by atoms with Crippen molar-refractivity contribution >= 4 is 11.9 Å². The Balaban J connectivity index is 0. The van der Waals surface area contributed by atoms with Gasteiger partial charge >= 0.3 is 11.9 Å². The van der Waals surface area contributed by atoms with Crippen LogP contribution in [-0.2, 0) is 19.1 Å². The summed E-state index contributed by atoms with van der Waals surface area (Å²) in [6.07, 6.45) is 44.0. The van der Waals surface area contributed by atoms with E-state index in [1.807, 2.05) is 20.8 Å². The Morgan fingerprint density at radius 2 is 0.756 bits per heavy atom. The summed E-state index contributed by atoms with van der Waals surface area (Å²) in [5, 5.41) is 0. The third kappa shape index (κ3) is 44.6. The summed E-state index contributed by atoms with van der Waals surface area (Å²) < 4.78 is 10.0. The number of carbonyl (C=O) groups is 2. The number of allylic oxidation sites excluding steroid dienone is 4. The van der Waals surface area contributed by atoms with Gasteiger partial charge in [-0.1, -0.05) is 141 Å². The van der Waals surface area contributed by atoms with Gasteiger partial charge in [0.25, 0.3) is 0 Å². The molecule has 0 bridgehead atoms. The van der Waals surface area contributed by atoms with Crippen LogP contribution < -0.4 is 0 Å². The molecule has 0 unspecified atom stereocenters. The van der Waals surface area contributed by atoms with Crippen LogP contribution in [0.3, 0.4) is 0 Å². The maximum atomic E-state index is 11.4. The maximum absolute atomic E-state index is 11.4. The van der Waals surface area contributed by atoms with Gasteiger partial charge in [0.15, 0.2) is 0 Å². The molecule has 4 nitrogen and oxygen atoms in total. The Bertz CT molecular complexity index is 652. The highest BCUT2D eigenvalue weighted by molar-refractivity contribution is 5.69. The van der Waals surface area contributed by atoms with Gasteiger partial charge in [-0.05, 0) is 85.0 Å². The van der Waals surface area contributed by atoms with Crippen LogP contribution in [0.4, 0.5) is 0 Å². The zero-order chi connectivity index (χ0) is 33.5. The predicted octanol–water partition coefficient (Wildman–Crippen LogP) is 13.6. The van der Waals surface area contributed by atoms with Gasteiger partial charge in [0.05, 0.1) is 12.7 Å². The lowest BCUT2D eigenvalue weighted by molar-refractivity contribution is -0.147. The number of carbonyl (C=O) groups excluding carboxylic acids is 2. The van der Waals surface area contributed by atoms with Crippen LogP contribution in [0.25, 0.3) is 0 Å². The molecule has 266 valence electrons. The molecule has 0 amide bonds. The number of ether oxygens (including phenoxy) is 2. The van der Waals surface area contributed by atoms with Gasteiger partial charge < -0.3 is 9.47 Å². The molecule has 0 rings (SSSR count). The third-order valence-corrected chi connectivity index (χ3v) is 7.96. The predicted molar refractivity (Wildman–Crippen MR) is 197 cm³/mol. The lowest BCUT2D eigenvalue weighted by Crippen LogP contribution is -2.10. The van der Waals surface area contributed by atoms with E-state index in [9.17, 15) is 9.59 Å². The molecule has 0 radical (unpaired) electrons. The molecule has 0 heterocycles. The van der Waals surface area contributed by atoms with Crippen molar-refractivity contribution in [1.29, 1.82) is 0 Å². The monoisotopic (exact) mass is 635 g/mol. The van der Waals surface area contributed by atoms with E-state index < -0.39 is 0 Å². The van der Waals surface area contributed by atoms with Crippen LogP contribution in [-0.4, -0.2) is 24.6 Å². The van der Waals surface area contributed by atoms with Crippen LogP contribution in [0.15, 0.2) is 24.3 Å². The molecule has 0 aromatic rings. The zero-order valence-electron chi connectivity index (χ0n) is 31.0. The number of hydrogen-bond acceptors (Lipinski definition) is 4. The number of rotatable bonds is 32. The van der Waals surface area contributed by atoms with Gasteiger partial charge in [0.2, 0.25) is 0 Å². The summed E-state index contributed by atoms with van der Waals surface area (Å²) in [5.41, 5.74) is 0. The standard InChI is InChI=1S/C21H40O2.C20H38O2/c1-4-5-6-7-8-9-10-11-12-13-14-15-16-17-18-19-21(22)23-20(2)3;1-3-5-6-7-8-9-10-11-12-13-14-15-16-17-18-19-20(21)22-4-2/h11-12,20H,4-10,13-19H2,1-3H3;11-12H,3-10,13-19H2,1-2H3. The highest BCUT2D eigenvalue weighted by Crippen LogP contribution is 2.12. The second-order valence-corrected chi connectivity index (χ2v) is 13.0. The molecule has 4 heteroatoms. The van der Waals surface area contributed by atoms with E-state index >= 15 is 0 Å². The lowest BCUT2D eigenvalue weighted by Gasteiger charge is -2.07. The van der Waals surface area contributed by atoms with Gasteiger partial charge in [0.1, 0.15) is 0 Å². The van der Waals surface area contributed by atoms with E-state index in [0.717, 1.165) is 25.7 Å². The Morgan fingerprint density at radius 1 is 0.444 bits per heavy atom. The highest BCUT2D eigenvalue weighted by atomic mass is 16.5. The van der Waals surface area contributed by atoms with Crippen molar-refractivity contribution in [2.24, 2.45) is 0 Å². The maximum Gasteiger partial charge on any atom is 0.306 e. The number of hydrogen-bond donors (Lipinski definition) is 0. The van der Waals surface area contributed by atoms with E-state index in [0.29, 0.717) is 19.4 Å². The summed E-state index contributed by atoms with van der Waals surface area (Å²) >= 11 is 0. The molecule has 0 saturated carbocycles. The van der Waals surface area contributed by atoms with Crippen LogP contribution in [0.1, 0.15) is 214 Å². The molecule has 45 heavy (non-hydrogen) atoms. The summed E-state index contributed by atoms with van der Waals surface area (Å²) in [7, 11) is 0. The van der Waals surface area contributed by atoms with Gasteiger partial charge in [-0.2, -0.15) is 0 Å². The zero-order valence-corrected chi connectivity index (χ0v) is 31.0. The number of esters is 2. The molecule has 0 aliphatic carbocycles. The van der Waals surface area contributed by atoms with Crippen molar-refractivity contribution in [3.8, 4) is 0 Å². The molecule has 0 aliphatic heterocycles. The third-order valence-electron chi connectivity index (χ3n) is 7.96. The molecular weight excluding hydrogens is 556 g/mol. The first kappa shape index (κ1) is 45.5. The summed E-state index contributed by atoms with van der Waals surface area (Å²) in [5.74, 6) is -0.0854. The first-order valence-corrected chi connectivity index (χ1v) is 19.6. The molecule has 0 aromatic carbocycles. The molecular formula is C41H78O4. The van der Waals surface area contributed by atoms with Crippen LogP contribution in [0.5, 0.6) is 0 Å². The quantitative estimate of drug-likeness (QED) is 0.0420. The molecule has 0 atom stereocenters. The molecule has 0 spiro atoms. The Morgan fingerprint density at radius 3 is 1.09 bits per heavy atom. The van der Waals surface area contributed by atoms with Crippen LogP contribution in [0, 0.1) is 0 Å². The Kier molecular flexibility index (Phi) is 40.9. The fraction of sp³-hybridized carbons (Fsp3) is 0.854. The minimum Gasteiger partial charge on any atom is -0.466 e. The van der Waals surface area contributed by atoms with Gasteiger partial charge in [0, 0.05) is 12.8 Å². The lowest BCUT2D eigenvalue weighted by atomic mass is 10.1. The van der Waals surface area contributed by atoms with Crippen molar-refractivity contribution < 1.29 is 19.1 Å². The second-order valence-electron chi connectivity index (χ2n) is 13.0. The van der Waals surface area contributed by atoms with Crippen molar-refractivity contribution in [3.63, 3.8) is 0 Å². The molecule has 0 fully saturated rings. The Labute approximate surface area is 282 Å². The minimum absolute atomic E-state index is 0.0191. The topological polar surface area (TPSA) is 52.6 Å². The van der Waals surface area contributed by atoms with Crippen molar-refractivity contribution in [2.45, 2.75) is 221 Å². The fourth-order valence-electron chi connectivity index (χ4n) is 5.24. The van der Waals surface area contributed by atoms with Gasteiger partial charge in [-0.15, -0.1) is 0 Å². The summed E-state index contributed by atoms with van der Waals surface area (Å²) in [6.45, 7) is 10.7. The van der Waals surface area contributed by atoms with E-state index in [4.69, 9.17) is 9.47 Å². The van der Waals surface area contributed by atoms with Crippen LogP contribution in [0.2, 0.25) is 0 Å². The summed E-state index contributed by atoms with van der Waals surface area (Å²) in [6, 6.07) is 0. The van der Waals surface area contributed by atoms with E-state index in [1.54, 1.807) is 0 Å². The Hall–Kier alpha value is -1.58. The molecule has 0 aromatic heterocycles. The highest BCUT2D eigenvalue weighted by Gasteiger charge is 2.04. The second kappa shape index (κ2) is 40.4. The fourth-order valence-corrected chi connectivity index (χ4v) is 5.24. The molecule has 0 N–H and O–H groups in total. The summed E-state index contributed by atoms with van der Waals surface area (Å²) in [4.78, 5) is 22.5. The van der Waals surface area contributed by atoms with Crippen molar-refractivity contribution in [2.75, 3.05) is 6.61 Å². The number of unbranched alkanes of at least 4 members (excludes halogenated alkanes) is 22.